The minimum Gasteiger partial charge on any atom is -0.479 e. The lowest BCUT2D eigenvalue weighted by molar-refractivity contribution is -0.151. The van der Waals surface area contributed by atoms with Crippen LogP contribution in [0.1, 0.15) is 36.4 Å². The number of carbonyl (C=O) groups excluding carboxylic acids is 1. The molecule has 1 saturated heterocycles. The molecule has 1 aromatic rings. The van der Waals surface area contributed by atoms with Gasteiger partial charge in [0.15, 0.2) is 6.04 Å². The minimum absolute atomic E-state index is 0.0613. The van der Waals surface area contributed by atoms with Crippen LogP contribution in [0.4, 0.5) is 0 Å². The van der Waals surface area contributed by atoms with Gasteiger partial charge in [0.2, 0.25) is 5.91 Å². The van der Waals surface area contributed by atoms with Crippen molar-refractivity contribution in [2.24, 2.45) is 5.92 Å². The van der Waals surface area contributed by atoms with E-state index in [1.165, 1.54) is 4.90 Å². The van der Waals surface area contributed by atoms with Gasteiger partial charge in [-0.15, -0.1) is 0 Å². The second kappa shape index (κ2) is 6.48. The normalized spacial score (nSPS) is 24.1. The van der Waals surface area contributed by atoms with Gasteiger partial charge in [0, 0.05) is 26.2 Å². The zero-order chi connectivity index (χ0) is 15.5. The first kappa shape index (κ1) is 15.0. The molecule has 0 aliphatic carbocycles. The summed E-state index contributed by atoms with van der Waals surface area (Å²) in [6.07, 6.45) is 2.90. The van der Waals surface area contributed by atoms with Gasteiger partial charge in [0.25, 0.3) is 0 Å². The van der Waals surface area contributed by atoms with Crippen molar-refractivity contribution in [1.29, 1.82) is 0 Å². The summed E-state index contributed by atoms with van der Waals surface area (Å²) in [6.45, 7) is 1.97. The Kier molecular flexibility index (Phi) is 4.43. The highest BCUT2D eigenvalue weighted by Gasteiger charge is 2.35. The molecule has 118 valence electrons. The molecule has 5 nitrogen and oxygen atoms in total. The van der Waals surface area contributed by atoms with Gasteiger partial charge in [0.1, 0.15) is 0 Å². The van der Waals surface area contributed by atoms with Crippen LogP contribution in [0.15, 0.2) is 24.3 Å². The van der Waals surface area contributed by atoms with Crippen LogP contribution in [0.3, 0.4) is 0 Å². The summed E-state index contributed by atoms with van der Waals surface area (Å²) in [5, 5.41) is 9.57. The van der Waals surface area contributed by atoms with E-state index in [1.54, 1.807) is 0 Å². The largest absolute Gasteiger partial charge is 0.479 e. The van der Waals surface area contributed by atoms with Gasteiger partial charge in [0.05, 0.1) is 0 Å². The van der Waals surface area contributed by atoms with E-state index in [0.717, 1.165) is 43.6 Å². The number of aliphatic carboxylic acids is 1. The van der Waals surface area contributed by atoms with Crippen molar-refractivity contribution in [2.45, 2.75) is 31.7 Å². The quantitative estimate of drug-likeness (QED) is 0.924. The van der Waals surface area contributed by atoms with Crippen molar-refractivity contribution in [3.8, 4) is 0 Å². The van der Waals surface area contributed by atoms with Crippen LogP contribution in [0.2, 0.25) is 0 Å². The molecule has 0 radical (unpaired) electrons. The van der Waals surface area contributed by atoms with Gasteiger partial charge in [-0.3, -0.25) is 4.79 Å². The molecule has 1 amide bonds. The molecule has 0 spiro atoms. The van der Waals surface area contributed by atoms with Gasteiger partial charge in [-0.1, -0.05) is 24.3 Å². The van der Waals surface area contributed by atoms with Crippen LogP contribution in [0.25, 0.3) is 0 Å². The average molecular weight is 303 g/mol. The molecule has 1 N–H and O–H groups in total. The number of ether oxygens (including phenoxy) is 1. The molecule has 0 aromatic heterocycles. The number of amides is 1. The summed E-state index contributed by atoms with van der Waals surface area (Å²) in [5.74, 6) is -0.581. The third-order valence-electron chi connectivity index (χ3n) is 4.63. The Hall–Kier alpha value is -1.88. The second-order valence-corrected chi connectivity index (χ2v) is 6.05. The van der Waals surface area contributed by atoms with Crippen LogP contribution >= 0.6 is 0 Å². The van der Waals surface area contributed by atoms with Crippen molar-refractivity contribution in [3.63, 3.8) is 0 Å². The topological polar surface area (TPSA) is 66.8 Å². The Morgan fingerprint density at radius 3 is 2.86 bits per heavy atom. The number of fused-ring (bicyclic) bond motifs is 1. The Bertz CT molecular complexity index is 566. The fourth-order valence-corrected chi connectivity index (χ4v) is 3.38. The van der Waals surface area contributed by atoms with Gasteiger partial charge in [-0.05, 0) is 36.3 Å². The molecular weight excluding hydrogens is 282 g/mol. The van der Waals surface area contributed by atoms with E-state index in [2.05, 4.69) is 0 Å². The minimum atomic E-state index is -0.954. The number of nitrogens with zero attached hydrogens (tertiary/aromatic N) is 1. The molecule has 1 fully saturated rings. The smallest absolute Gasteiger partial charge is 0.331 e. The maximum atomic E-state index is 12.5. The summed E-state index contributed by atoms with van der Waals surface area (Å²) in [7, 11) is 0. The molecule has 2 unspecified atom stereocenters. The molecule has 2 heterocycles. The van der Waals surface area contributed by atoms with Crippen molar-refractivity contribution in [1.82, 2.24) is 4.90 Å². The van der Waals surface area contributed by atoms with Gasteiger partial charge >= 0.3 is 5.97 Å². The highest BCUT2D eigenvalue weighted by atomic mass is 16.5. The monoisotopic (exact) mass is 303 g/mol. The predicted molar refractivity (Wildman–Crippen MR) is 80.4 cm³/mol. The zero-order valence-electron chi connectivity index (χ0n) is 12.5. The van der Waals surface area contributed by atoms with Gasteiger partial charge in [-0.2, -0.15) is 0 Å². The lowest BCUT2D eigenvalue weighted by Crippen LogP contribution is -2.43. The second-order valence-electron chi connectivity index (χ2n) is 6.05. The first-order valence-corrected chi connectivity index (χ1v) is 7.84. The lowest BCUT2D eigenvalue weighted by atomic mass is 9.92. The summed E-state index contributed by atoms with van der Waals surface area (Å²) >= 11 is 0. The molecule has 0 saturated carbocycles. The number of hydrogen-bond acceptors (Lipinski definition) is 3. The number of carboxylic acid groups (broad SMARTS) is 1. The van der Waals surface area contributed by atoms with E-state index < -0.39 is 12.0 Å². The number of rotatable bonds is 4. The molecular formula is C17H21NO4. The summed E-state index contributed by atoms with van der Waals surface area (Å²) in [6, 6.07) is 6.66. The lowest BCUT2D eigenvalue weighted by Gasteiger charge is -2.35. The molecule has 0 bridgehead atoms. The summed E-state index contributed by atoms with van der Waals surface area (Å²) < 4.78 is 5.32. The maximum Gasteiger partial charge on any atom is 0.331 e. The molecule has 2 aliphatic rings. The van der Waals surface area contributed by atoms with Crippen LogP contribution in [0, 0.1) is 5.92 Å². The van der Waals surface area contributed by atoms with E-state index in [4.69, 9.17) is 4.74 Å². The van der Waals surface area contributed by atoms with Crippen LogP contribution in [-0.2, 0) is 20.7 Å². The molecule has 2 atom stereocenters. The van der Waals surface area contributed by atoms with Crippen molar-refractivity contribution in [2.75, 3.05) is 19.8 Å². The number of hydrogen-bond donors (Lipinski definition) is 1. The SMILES string of the molecule is O=C(O)C1c2ccccc2CCN1C(=O)CCC1CCOC1. The third-order valence-corrected chi connectivity index (χ3v) is 4.63. The van der Waals surface area contributed by atoms with E-state index in [9.17, 15) is 14.7 Å². The zero-order valence-corrected chi connectivity index (χ0v) is 12.5. The average Bonchev–Trinajstić information content (AvgIpc) is 3.04. The Balaban J connectivity index is 1.72. The van der Waals surface area contributed by atoms with E-state index >= 15 is 0 Å². The standard InChI is InChI=1S/C17H21NO4/c19-15(6-5-12-8-10-22-11-12)18-9-7-13-3-1-2-4-14(13)16(18)17(20)21/h1-4,12,16H,5-11H2,(H,20,21). The fraction of sp³-hybridized carbons (Fsp3) is 0.529. The van der Waals surface area contributed by atoms with E-state index in [-0.39, 0.29) is 5.91 Å². The number of benzene rings is 1. The fourth-order valence-electron chi connectivity index (χ4n) is 3.38. The molecule has 3 rings (SSSR count). The van der Waals surface area contributed by atoms with E-state index in [1.807, 2.05) is 24.3 Å². The summed E-state index contributed by atoms with van der Waals surface area (Å²) in [4.78, 5) is 25.7. The van der Waals surface area contributed by atoms with Crippen molar-refractivity contribution in [3.05, 3.63) is 35.4 Å². The van der Waals surface area contributed by atoms with Crippen LogP contribution in [-0.4, -0.2) is 41.6 Å². The number of carbonyl (C=O) groups is 2. The first-order valence-electron chi connectivity index (χ1n) is 7.84. The van der Waals surface area contributed by atoms with Gasteiger partial charge in [-0.25, -0.2) is 4.79 Å². The van der Waals surface area contributed by atoms with Crippen molar-refractivity contribution >= 4 is 11.9 Å². The number of carboxylic acids is 1. The maximum absolute atomic E-state index is 12.5. The van der Waals surface area contributed by atoms with E-state index in [0.29, 0.717) is 18.9 Å². The van der Waals surface area contributed by atoms with Gasteiger partial charge < -0.3 is 14.7 Å². The molecule has 2 aliphatic heterocycles. The highest BCUT2D eigenvalue weighted by molar-refractivity contribution is 5.85. The highest BCUT2D eigenvalue weighted by Crippen LogP contribution is 2.31. The molecule has 22 heavy (non-hydrogen) atoms. The van der Waals surface area contributed by atoms with Crippen molar-refractivity contribution < 1.29 is 19.4 Å². The third kappa shape index (κ3) is 2.99. The Morgan fingerprint density at radius 2 is 2.14 bits per heavy atom. The predicted octanol–water partition coefficient (Wildman–Crippen LogP) is 2.01. The van der Waals surface area contributed by atoms with Crippen LogP contribution in [0.5, 0.6) is 0 Å². The summed E-state index contributed by atoms with van der Waals surface area (Å²) in [5.41, 5.74) is 1.78. The first-order chi connectivity index (χ1) is 10.7. The Labute approximate surface area is 129 Å². The van der Waals surface area contributed by atoms with Crippen LogP contribution < -0.4 is 0 Å². The molecule has 5 heteroatoms. The molecule has 1 aromatic carbocycles. The Morgan fingerprint density at radius 1 is 1.32 bits per heavy atom.